The lowest BCUT2D eigenvalue weighted by Crippen LogP contribution is -2.39. The summed E-state index contributed by atoms with van der Waals surface area (Å²) in [5.74, 6) is 0.942. The molecular formula is C20H40N6O3Si2. The van der Waals surface area contributed by atoms with Crippen LogP contribution in [0, 0.1) is 5.92 Å². The van der Waals surface area contributed by atoms with Gasteiger partial charge in [0.15, 0.2) is 11.6 Å². The fourth-order valence-corrected chi connectivity index (χ4v) is 4.28. The van der Waals surface area contributed by atoms with Crippen molar-refractivity contribution in [1.82, 2.24) is 15.5 Å². The average Bonchev–Trinajstić information content (AvgIpc) is 3.06. The zero-order valence-electron chi connectivity index (χ0n) is 20.4. The van der Waals surface area contributed by atoms with E-state index in [1.165, 1.54) is 6.33 Å². The summed E-state index contributed by atoms with van der Waals surface area (Å²) in [6.07, 6.45) is 1.47. The van der Waals surface area contributed by atoms with Gasteiger partial charge in [0.1, 0.15) is 25.5 Å². The van der Waals surface area contributed by atoms with Gasteiger partial charge in [0.2, 0.25) is 5.91 Å². The largest absolute Gasteiger partial charge is 0.361 e. The quantitative estimate of drug-likeness (QED) is 0.272. The summed E-state index contributed by atoms with van der Waals surface area (Å²) >= 11 is 0. The molecule has 11 heteroatoms. The Morgan fingerprint density at radius 2 is 1.68 bits per heavy atom. The third-order valence-corrected chi connectivity index (χ3v) is 8.24. The molecule has 9 nitrogen and oxygen atoms in total. The number of amides is 1. The van der Waals surface area contributed by atoms with E-state index < -0.39 is 16.1 Å². The van der Waals surface area contributed by atoms with Gasteiger partial charge in [-0.25, -0.2) is 15.0 Å². The predicted molar refractivity (Wildman–Crippen MR) is 132 cm³/mol. The molecule has 0 bridgehead atoms. The molecule has 1 aromatic heterocycles. The molecule has 0 saturated carbocycles. The van der Waals surface area contributed by atoms with E-state index in [9.17, 15) is 4.79 Å². The first-order valence-electron chi connectivity index (χ1n) is 11.0. The first-order valence-corrected chi connectivity index (χ1v) is 18.4. The third kappa shape index (κ3) is 8.15. The minimum Gasteiger partial charge on any atom is -0.361 e. The molecule has 0 radical (unpaired) electrons. The maximum Gasteiger partial charge on any atom is 0.232 e. The maximum atomic E-state index is 12.9. The van der Waals surface area contributed by atoms with Crippen LogP contribution >= 0.6 is 0 Å². The molecule has 31 heavy (non-hydrogen) atoms. The molecule has 1 aliphatic heterocycles. The maximum absolute atomic E-state index is 12.9. The Hall–Kier alpha value is -1.54. The van der Waals surface area contributed by atoms with E-state index in [-0.39, 0.29) is 18.6 Å². The smallest absolute Gasteiger partial charge is 0.232 e. The summed E-state index contributed by atoms with van der Waals surface area (Å²) in [6.45, 7) is 19.5. The lowest BCUT2D eigenvalue weighted by atomic mass is 10.2. The SMILES string of the molecule is CC(C)C(=O)N(COCC[Si](C)(C)C)c1ncnc2c1NNN2COCC[Si](C)(C)C. The van der Waals surface area contributed by atoms with Gasteiger partial charge in [-0.05, 0) is 12.1 Å². The van der Waals surface area contributed by atoms with E-state index in [0.717, 1.165) is 12.1 Å². The highest BCUT2D eigenvalue weighted by atomic mass is 28.3. The molecule has 0 unspecified atom stereocenters. The molecule has 2 rings (SSSR count). The van der Waals surface area contributed by atoms with Crippen LogP contribution in [0.2, 0.25) is 51.4 Å². The van der Waals surface area contributed by atoms with Crippen LogP contribution in [0.25, 0.3) is 0 Å². The Labute approximate surface area is 188 Å². The van der Waals surface area contributed by atoms with E-state index in [4.69, 9.17) is 9.47 Å². The van der Waals surface area contributed by atoms with Crippen molar-refractivity contribution in [2.75, 3.05) is 42.0 Å². The van der Waals surface area contributed by atoms with Crippen molar-refractivity contribution in [1.29, 1.82) is 0 Å². The monoisotopic (exact) mass is 468 g/mol. The number of hydrogen-bond donors (Lipinski definition) is 2. The fourth-order valence-electron chi connectivity index (χ4n) is 2.77. The fraction of sp³-hybridized carbons (Fsp3) is 0.750. The molecule has 1 amide bonds. The normalized spacial score (nSPS) is 14.0. The topological polar surface area (TPSA) is 91.9 Å². The number of hydrogen-bond acceptors (Lipinski definition) is 8. The average molecular weight is 469 g/mol. The second-order valence-electron chi connectivity index (χ2n) is 10.7. The number of fused-ring (bicyclic) bond motifs is 1. The standard InChI is InChI=1S/C20H40N6O3Si2/c1-16(2)20(27)25(14-28-9-11-30(3,4)5)18-17-19(22-13-21-18)26(24-23-17)15-29-10-12-31(6,7)8/h13,16,23-24H,9-12,14-15H2,1-8H3. The number of carbonyl (C=O) groups excluding carboxylic acids is 1. The molecule has 0 aliphatic carbocycles. The number of hydrazine groups is 2. The highest BCUT2D eigenvalue weighted by molar-refractivity contribution is 6.76. The predicted octanol–water partition coefficient (Wildman–Crippen LogP) is 3.74. The van der Waals surface area contributed by atoms with E-state index in [1.807, 2.05) is 13.8 Å². The molecule has 2 N–H and O–H groups in total. The van der Waals surface area contributed by atoms with Crippen LogP contribution in [-0.4, -0.2) is 58.7 Å². The van der Waals surface area contributed by atoms with Crippen LogP contribution in [0.3, 0.4) is 0 Å². The van der Waals surface area contributed by atoms with Gasteiger partial charge < -0.3 is 9.47 Å². The van der Waals surface area contributed by atoms with Crippen molar-refractivity contribution < 1.29 is 14.3 Å². The Balaban J connectivity index is 2.10. The minimum atomic E-state index is -1.21. The number of aromatic nitrogens is 2. The first kappa shape index (κ1) is 25.7. The molecule has 1 aromatic rings. The van der Waals surface area contributed by atoms with Crippen molar-refractivity contribution in [3.05, 3.63) is 6.33 Å². The van der Waals surface area contributed by atoms with Crippen LogP contribution < -0.4 is 20.9 Å². The van der Waals surface area contributed by atoms with Gasteiger partial charge in [-0.1, -0.05) is 53.1 Å². The zero-order chi connectivity index (χ0) is 23.2. The minimum absolute atomic E-state index is 0.0412. The van der Waals surface area contributed by atoms with Crippen LogP contribution in [0.15, 0.2) is 6.33 Å². The molecule has 2 heterocycles. The van der Waals surface area contributed by atoms with Gasteiger partial charge in [-0.2, -0.15) is 0 Å². The van der Waals surface area contributed by atoms with Gasteiger partial charge in [0.25, 0.3) is 0 Å². The van der Waals surface area contributed by atoms with Gasteiger partial charge in [0.05, 0.1) is 0 Å². The molecular weight excluding hydrogens is 428 g/mol. The Bertz CT molecular complexity index is 737. The molecule has 0 saturated heterocycles. The van der Waals surface area contributed by atoms with Crippen LogP contribution in [0.1, 0.15) is 13.8 Å². The molecule has 0 aromatic carbocycles. The summed E-state index contributed by atoms with van der Waals surface area (Å²) in [5.41, 5.74) is 6.82. The Morgan fingerprint density at radius 1 is 1.06 bits per heavy atom. The highest BCUT2D eigenvalue weighted by Gasteiger charge is 2.30. The molecule has 1 aliphatic rings. The molecule has 0 spiro atoms. The summed E-state index contributed by atoms with van der Waals surface area (Å²) in [6, 6.07) is 2.14. The van der Waals surface area contributed by atoms with E-state index in [1.54, 1.807) is 9.91 Å². The third-order valence-electron chi connectivity index (χ3n) is 4.83. The number of nitrogens with one attached hydrogen (secondary N) is 2. The van der Waals surface area contributed by atoms with Crippen molar-refractivity contribution in [3.8, 4) is 0 Å². The highest BCUT2D eigenvalue weighted by Crippen LogP contribution is 2.34. The van der Waals surface area contributed by atoms with E-state index in [2.05, 4.69) is 60.2 Å². The number of ether oxygens (including phenoxy) is 2. The first-order chi connectivity index (χ1) is 14.4. The number of rotatable bonds is 12. The molecule has 0 atom stereocenters. The zero-order valence-corrected chi connectivity index (χ0v) is 22.4. The lowest BCUT2D eigenvalue weighted by Gasteiger charge is -2.25. The summed E-state index contributed by atoms with van der Waals surface area (Å²) in [7, 11) is -2.35. The van der Waals surface area contributed by atoms with Gasteiger partial charge in [-0.15, -0.1) is 5.53 Å². The van der Waals surface area contributed by atoms with E-state index >= 15 is 0 Å². The summed E-state index contributed by atoms with van der Waals surface area (Å²) in [5, 5.41) is 1.79. The van der Waals surface area contributed by atoms with Crippen molar-refractivity contribution in [2.24, 2.45) is 5.92 Å². The molecule has 0 fully saturated rings. The van der Waals surface area contributed by atoms with Crippen LogP contribution in [0.5, 0.6) is 0 Å². The number of anilines is 3. The second kappa shape index (κ2) is 10.9. The summed E-state index contributed by atoms with van der Waals surface area (Å²) < 4.78 is 11.7. The second-order valence-corrected chi connectivity index (χ2v) is 21.9. The molecule has 176 valence electrons. The Morgan fingerprint density at radius 3 is 2.26 bits per heavy atom. The van der Waals surface area contributed by atoms with Crippen molar-refractivity contribution in [3.63, 3.8) is 0 Å². The lowest BCUT2D eigenvalue weighted by molar-refractivity contribution is -0.122. The van der Waals surface area contributed by atoms with E-state index in [0.29, 0.717) is 37.3 Å². The van der Waals surface area contributed by atoms with Crippen LogP contribution in [0.4, 0.5) is 17.3 Å². The van der Waals surface area contributed by atoms with Gasteiger partial charge in [-0.3, -0.25) is 15.1 Å². The Kier molecular flexibility index (Phi) is 9.01. The number of carbonyl (C=O) groups is 1. The van der Waals surface area contributed by atoms with Gasteiger partial charge in [0, 0.05) is 35.3 Å². The number of nitrogens with zero attached hydrogens (tertiary/aromatic N) is 4. The van der Waals surface area contributed by atoms with Crippen molar-refractivity contribution >= 4 is 39.4 Å². The van der Waals surface area contributed by atoms with Crippen molar-refractivity contribution in [2.45, 2.75) is 65.2 Å². The summed E-state index contributed by atoms with van der Waals surface area (Å²) in [4.78, 5) is 23.3. The van der Waals surface area contributed by atoms with Crippen LogP contribution in [-0.2, 0) is 14.3 Å². The van der Waals surface area contributed by atoms with Gasteiger partial charge >= 0.3 is 0 Å².